The van der Waals surface area contributed by atoms with E-state index in [1.54, 1.807) is 13.2 Å². The number of halogens is 1. The Hall–Kier alpha value is -0.740. The summed E-state index contributed by atoms with van der Waals surface area (Å²) in [5, 5.41) is 9.81. The number of methoxy groups -OCH3 is 1. The van der Waals surface area contributed by atoms with E-state index >= 15 is 0 Å². The molecule has 1 aromatic rings. The predicted octanol–water partition coefficient (Wildman–Crippen LogP) is 2.54. The van der Waals surface area contributed by atoms with Crippen molar-refractivity contribution in [3.05, 3.63) is 22.2 Å². The van der Waals surface area contributed by atoms with Crippen molar-refractivity contribution in [1.82, 2.24) is 0 Å². The first kappa shape index (κ1) is 11.7. The summed E-state index contributed by atoms with van der Waals surface area (Å²) in [7, 11) is 1.58. The molecule has 88 valence electrons. The molecule has 0 bridgehead atoms. The second-order valence-corrected chi connectivity index (χ2v) is 5.17. The van der Waals surface area contributed by atoms with Crippen molar-refractivity contribution in [2.45, 2.75) is 24.7 Å². The molecule has 1 aliphatic rings. The fourth-order valence-corrected chi connectivity index (χ4v) is 3.14. The Labute approximate surface area is 104 Å². The number of phenols is 1. The predicted molar refractivity (Wildman–Crippen MR) is 66.9 cm³/mol. The highest BCUT2D eigenvalue weighted by molar-refractivity contribution is 9.10. The number of hydrogen-bond acceptors (Lipinski definition) is 3. The molecule has 0 saturated heterocycles. The van der Waals surface area contributed by atoms with E-state index in [2.05, 4.69) is 15.9 Å². The first-order chi connectivity index (χ1) is 7.64. The van der Waals surface area contributed by atoms with Crippen LogP contribution in [0.1, 0.15) is 24.8 Å². The second-order valence-electron chi connectivity index (χ2n) is 4.31. The SMILES string of the molecule is COc1c(O)ccc(Br)c1C1(CN)CCC1. The molecule has 2 rings (SSSR count). The van der Waals surface area contributed by atoms with Crippen LogP contribution in [0.4, 0.5) is 0 Å². The molecule has 0 aliphatic heterocycles. The summed E-state index contributed by atoms with van der Waals surface area (Å²) >= 11 is 3.53. The lowest BCUT2D eigenvalue weighted by Gasteiger charge is -2.42. The standard InChI is InChI=1S/C12H16BrNO2/c1-16-11-9(15)4-3-8(13)10(11)12(7-14)5-2-6-12/h3-4,15H,2,5-7,14H2,1H3. The molecule has 3 nitrogen and oxygen atoms in total. The third-order valence-corrected chi connectivity index (χ3v) is 4.18. The van der Waals surface area contributed by atoms with Crippen molar-refractivity contribution in [2.75, 3.05) is 13.7 Å². The Morgan fingerprint density at radius 2 is 2.19 bits per heavy atom. The quantitative estimate of drug-likeness (QED) is 0.897. The molecule has 1 saturated carbocycles. The van der Waals surface area contributed by atoms with Crippen LogP contribution in [0.3, 0.4) is 0 Å². The van der Waals surface area contributed by atoms with E-state index in [4.69, 9.17) is 10.5 Å². The zero-order valence-corrected chi connectivity index (χ0v) is 10.9. The number of nitrogens with two attached hydrogens (primary N) is 1. The number of phenolic OH excluding ortho intramolecular Hbond substituents is 1. The van der Waals surface area contributed by atoms with Gasteiger partial charge < -0.3 is 15.6 Å². The van der Waals surface area contributed by atoms with Crippen LogP contribution in [0.15, 0.2) is 16.6 Å². The fourth-order valence-electron chi connectivity index (χ4n) is 2.41. The minimum Gasteiger partial charge on any atom is -0.504 e. The lowest BCUT2D eigenvalue weighted by molar-refractivity contribution is 0.239. The lowest BCUT2D eigenvalue weighted by atomic mass is 9.64. The van der Waals surface area contributed by atoms with Gasteiger partial charge in [0.15, 0.2) is 11.5 Å². The third-order valence-electron chi connectivity index (χ3n) is 3.52. The monoisotopic (exact) mass is 285 g/mol. The summed E-state index contributed by atoms with van der Waals surface area (Å²) in [6.07, 6.45) is 3.30. The molecule has 1 aliphatic carbocycles. The third kappa shape index (κ3) is 1.60. The molecule has 0 unspecified atom stereocenters. The van der Waals surface area contributed by atoms with Crippen LogP contribution in [0.2, 0.25) is 0 Å². The molecule has 1 fully saturated rings. The number of rotatable bonds is 3. The van der Waals surface area contributed by atoms with Crippen molar-refractivity contribution >= 4 is 15.9 Å². The van der Waals surface area contributed by atoms with Gasteiger partial charge in [-0.05, 0) is 25.0 Å². The molecule has 0 spiro atoms. The van der Waals surface area contributed by atoms with E-state index in [0.29, 0.717) is 12.3 Å². The second kappa shape index (κ2) is 4.26. The van der Waals surface area contributed by atoms with Crippen molar-refractivity contribution in [2.24, 2.45) is 5.73 Å². The van der Waals surface area contributed by atoms with Crippen LogP contribution in [-0.4, -0.2) is 18.8 Å². The maximum Gasteiger partial charge on any atom is 0.165 e. The number of aromatic hydroxyl groups is 1. The van der Waals surface area contributed by atoms with Crippen LogP contribution in [0.25, 0.3) is 0 Å². The van der Waals surface area contributed by atoms with E-state index in [0.717, 1.165) is 22.9 Å². The largest absolute Gasteiger partial charge is 0.504 e. The van der Waals surface area contributed by atoms with Crippen LogP contribution < -0.4 is 10.5 Å². The van der Waals surface area contributed by atoms with Crippen LogP contribution in [0.5, 0.6) is 11.5 Å². The van der Waals surface area contributed by atoms with E-state index in [9.17, 15) is 5.11 Å². The molecule has 3 N–H and O–H groups in total. The summed E-state index contributed by atoms with van der Waals surface area (Å²) in [5.41, 5.74) is 6.88. The number of benzene rings is 1. The van der Waals surface area contributed by atoms with Crippen LogP contribution in [0, 0.1) is 0 Å². The molecule has 16 heavy (non-hydrogen) atoms. The van der Waals surface area contributed by atoms with Crippen LogP contribution >= 0.6 is 15.9 Å². The highest BCUT2D eigenvalue weighted by atomic mass is 79.9. The fraction of sp³-hybridized carbons (Fsp3) is 0.500. The Morgan fingerprint density at radius 3 is 2.62 bits per heavy atom. The van der Waals surface area contributed by atoms with Gasteiger partial charge in [0.1, 0.15) is 0 Å². The smallest absolute Gasteiger partial charge is 0.165 e. The van der Waals surface area contributed by atoms with Crippen molar-refractivity contribution in [3.63, 3.8) is 0 Å². The van der Waals surface area contributed by atoms with Gasteiger partial charge in [-0.15, -0.1) is 0 Å². The topological polar surface area (TPSA) is 55.5 Å². The van der Waals surface area contributed by atoms with Gasteiger partial charge in [-0.25, -0.2) is 0 Å². The maximum atomic E-state index is 9.81. The van der Waals surface area contributed by atoms with Gasteiger partial charge >= 0.3 is 0 Å². The molecular weight excluding hydrogens is 270 g/mol. The van der Waals surface area contributed by atoms with E-state index in [-0.39, 0.29) is 11.2 Å². The van der Waals surface area contributed by atoms with Gasteiger partial charge in [-0.2, -0.15) is 0 Å². The summed E-state index contributed by atoms with van der Waals surface area (Å²) in [6, 6.07) is 3.48. The lowest BCUT2D eigenvalue weighted by Crippen LogP contribution is -2.42. The van der Waals surface area contributed by atoms with Crippen LogP contribution in [-0.2, 0) is 5.41 Å². The maximum absolute atomic E-state index is 9.81. The Bertz CT molecular complexity index is 397. The molecule has 0 heterocycles. The van der Waals surface area contributed by atoms with Gasteiger partial charge in [-0.1, -0.05) is 22.4 Å². The first-order valence-electron chi connectivity index (χ1n) is 5.40. The Balaban J connectivity index is 2.57. The first-order valence-corrected chi connectivity index (χ1v) is 6.20. The average Bonchev–Trinajstić information content (AvgIpc) is 2.22. The van der Waals surface area contributed by atoms with Gasteiger partial charge in [-0.3, -0.25) is 0 Å². The molecular formula is C12H16BrNO2. The Kier molecular flexibility index (Phi) is 3.13. The average molecular weight is 286 g/mol. The van der Waals surface area contributed by atoms with Gasteiger partial charge in [0, 0.05) is 22.0 Å². The number of hydrogen-bond donors (Lipinski definition) is 2. The molecule has 0 radical (unpaired) electrons. The van der Waals surface area contributed by atoms with E-state index < -0.39 is 0 Å². The summed E-state index contributed by atoms with van der Waals surface area (Å²) in [6.45, 7) is 0.589. The Morgan fingerprint density at radius 1 is 1.50 bits per heavy atom. The van der Waals surface area contributed by atoms with Crippen molar-refractivity contribution < 1.29 is 9.84 Å². The molecule has 0 atom stereocenters. The minimum absolute atomic E-state index is 0.0249. The molecule has 0 amide bonds. The van der Waals surface area contributed by atoms with Crippen molar-refractivity contribution in [3.8, 4) is 11.5 Å². The summed E-state index contributed by atoms with van der Waals surface area (Å²) in [4.78, 5) is 0. The molecule has 0 aromatic heterocycles. The van der Waals surface area contributed by atoms with Crippen molar-refractivity contribution in [1.29, 1.82) is 0 Å². The zero-order chi connectivity index (χ0) is 11.8. The van der Waals surface area contributed by atoms with Gasteiger partial charge in [0.05, 0.1) is 7.11 Å². The summed E-state index contributed by atoms with van der Waals surface area (Å²) < 4.78 is 6.27. The van der Waals surface area contributed by atoms with E-state index in [1.807, 2.05) is 6.07 Å². The highest BCUT2D eigenvalue weighted by Crippen LogP contribution is 2.51. The summed E-state index contributed by atoms with van der Waals surface area (Å²) in [5.74, 6) is 0.736. The van der Waals surface area contributed by atoms with Gasteiger partial charge in [0.25, 0.3) is 0 Å². The minimum atomic E-state index is -0.0249. The normalized spacial score (nSPS) is 17.9. The van der Waals surface area contributed by atoms with E-state index in [1.165, 1.54) is 6.42 Å². The van der Waals surface area contributed by atoms with Gasteiger partial charge in [0.2, 0.25) is 0 Å². The highest BCUT2D eigenvalue weighted by Gasteiger charge is 2.41. The zero-order valence-electron chi connectivity index (χ0n) is 9.29. The molecule has 4 heteroatoms. The molecule has 1 aromatic carbocycles. The number of ether oxygens (including phenoxy) is 1.